The molecule has 2 rings (SSSR count). The van der Waals surface area contributed by atoms with Gasteiger partial charge in [0.1, 0.15) is 0 Å². The zero-order chi connectivity index (χ0) is 13.0. The van der Waals surface area contributed by atoms with E-state index >= 15 is 0 Å². The summed E-state index contributed by atoms with van der Waals surface area (Å²) in [5.74, 6) is 0. The highest BCUT2D eigenvalue weighted by Gasteiger charge is 2.16. The molecule has 3 heteroatoms. The van der Waals surface area contributed by atoms with E-state index in [2.05, 4.69) is 54.5 Å². The first-order valence-electron chi connectivity index (χ1n) is 6.51. The lowest BCUT2D eigenvalue weighted by Gasteiger charge is -2.20. The van der Waals surface area contributed by atoms with Crippen molar-refractivity contribution >= 4 is 0 Å². The lowest BCUT2D eigenvalue weighted by atomic mass is 9.95. The molecule has 0 saturated heterocycles. The number of rotatable bonds is 5. The molecule has 1 atom stereocenters. The Balaban J connectivity index is 2.33. The third-order valence-corrected chi connectivity index (χ3v) is 3.19. The van der Waals surface area contributed by atoms with Gasteiger partial charge in [-0.05, 0) is 37.9 Å². The van der Waals surface area contributed by atoms with Crippen LogP contribution >= 0.6 is 0 Å². The van der Waals surface area contributed by atoms with Gasteiger partial charge in [0, 0.05) is 11.8 Å². The summed E-state index contributed by atoms with van der Waals surface area (Å²) in [6, 6.07) is 6.84. The Kier molecular flexibility index (Phi) is 4.15. The maximum absolute atomic E-state index is 4.06. The van der Waals surface area contributed by atoms with Crippen molar-refractivity contribution in [2.75, 3.05) is 6.54 Å². The summed E-state index contributed by atoms with van der Waals surface area (Å²) < 4.78 is 0. The molecule has 0 amide bonds. The summed E-state index contributed by atoms with van der Waals surface area (Å²) in [6.07, 6.45) is 4.98. The number of aromatic nitrogens is 2. The van der Waals surface area contributed by atoms with Gasteiger partial charge in [-0.2, -0.15) is 5.10 Å². The van der Waals surface area contributed by atoms with Gasteiger partial charge in [0.25, 0.3) is 0 Å². The van der Waals surface area contributed by atoms with Crippen molar-refractivity contribution < 1.29 is 0 Å². The topological polar surface area (TPSA) is 40.7 Å². The van der Waals surface area contributed by atoms with Crippen LogP contribution in [0.5, 0.6) is 0 Å². The fourth-order valence-corrected chi connectivity index (χ4v) is 2.26. The molecule has 0 aliphatic carbocycles. The number of nitrogens with zero attached hydrogens (tertiary/aromatic N) is 1. The van der Waals surface area contributed by atoms with E-state index in [1.165, 1.54) is 22.3 Å². The maximum atomic E-state index is 4.06. The summed E-state index contributed by atoms with van der Waals surface area (Å²) >= 11 is 0. The minimum atomic E-state index is 0.226. The van der Waals surface area contributed by atoms with E-state index in [-0.39, 0.29) is 6.04 Å². The van der Waals surface area contributed by atoms with Crippen molar-refractivity contribution in [1.82, 2.24) is 15.5 Å². The summed E-state index contributed by atoms with van der Waals surface area (Å²) in [5, 5.41) is 10.5. The van der Waals surface area contributed by atoms with Crippen LogP contribution in [0.15, 0.2) is 30.6 Å². The molecule has 0 radical (unpaired) electrons. The van der Waals surface area contributed by atoms with E-state index in [4.69, 9.17) is 0 Å². The third kappa shape index (κ3) is 2.79. The van der Waals surface area contributed by atoms with Gasteiger partial charge in [0.2, 0.25) is 0 Å². The number of aromatic amines is 1. The van der Waals surface area contributed by atoms with Crippen LogP contribution in [0.25, 0.3) is 0 Å². The van der Waals surface area contributed by atoms with Crippen LogP contribution in [-0.2, 0) is 0 Å². The molecule has 0 spiro atoms. The molecule has 0 bridgehead atoms. The lowest BCUT2D eigenvalue weighted by Crippen LogP contribution is -2.23. The molecule has 1 aromatic carbocycles. The standard InChI is InChI=1S/C15H21N3/c1-4-7-16-15(13-9-17-18-10-13)14-6-5-11(2)8-12(14)3/h5-6,8-10,15-16H,4,7H2,1-3H3,(H,17,18). The van der Waals surface area contributed by atoms with Gasteiger partial charge < -0.3 is 5.32 Å². The summed E-state index contributed by atoms with van der Waals surface area (Å²) in [6.45, 7) is 7.48. The van der Waals surface area contributed by atoms with Crippen molar-refractivity contribution in [3.63, 3.8) is 0 Å². The third-order valence-electron chi connectivity index (χ3n) is 3.19. The zero-order valence-corrected chi connectivity index (χ0v) is 11.3. The highest BCUT2D eigenvalue weighted by Crippen LogP contribution is 2.24. The Morgan fingerprint density at radius 3 is 2.78 bits per heavy atom. The van der Waals surface area contributed by atoms with Gasteiger partial charge >= 0.3 is 0 Å². The van der Waals surface area contributed by atoms with Crippen LogP contribution < -0.4 is 5.32 Å². The van der Waals surface area contributed by atoms with Gasteiger partial charge in [0.15, 0.2) is 0 Å². The minimum Gasteiger partial charge on any atom is -0.306 e. The van der Waals surface area contributed by atoms with Gasteiger partial charge in [-0.15, -0.1) is 0 Å². The number of hydrogen-bond donors (Lipinski definition) is 2. The zero-order valence-electron chi connectivity index (χ0n) is 11.3. The predicted octanol–water partition coefficient (Wildman–Crippen LogP) is 3.12. The van der Waals surface area contributed by atoms with E-state index in [1.54, 1.807) is 0 Å². The van der Waals surface area contributed by atoms with Crippen molar-refractivity contribution in [3.05, 3.63) is 52.8 Å². The Morgan fingerprint density at radius 1 is 1.33 bits per heavy atom. The van der Waals surface area contributed by atoms with E-state index in [1.807, 2.05) is 12.4 Å². The Bertz CT molecular complexity index is 488. The monoisotopic (exact) mass is 243 g/mol. The Morgan fingerprint density at radius 2 is 2.17 bits per heavy atom. The molecule has 0 saturated carbocycles. The summed E-state index contributed by atoms with van der Waals surface area (Å²) in [7, 11) is 0. The smallest absolute Gasteiger partial charge is 0.0610 e. The molecule has 96 valence electrons. The molecule has 1 unspecified atom stereocenters. The second-order valence-corrected chi connectivity index (χ2v) is 4.78. The highest BCUT2D eigenvalue weighted by molar-refractivity contribution is 5.37. The first-order valence-corrected chi connectivity index (χ1v) is 6.51. The van der Waals surface area contributed by atoms with Gasteiger partial charge in [-0.3, -0.25) is 5.10 Å². The summed E-state index contributed by atoms with van der Waals surface area (Å²) in [5.41, 5.74) is 5.15. The molecule has 3 nitrogen and oxygen atoms in total. The maximum Gasteiger partial charge on any atom is 0.0610 e. The SMILES string of the molecule is CCCNC(c1cn[nH]c1)c1ccc(C)cc1C. The second-order valence-electron chi connectivity index (χ2n) is 4.78. The molecular weight excluding hydrogens is 222 g/mol. The quantitative estimate of drug-likeness (QED) is 0.847. The molecule has 2 N–H and O–H groups in total. The molecule has 1 heterocycles. The normalized spacial score (nSPS) is 12.6. The predicted molar refractivity (Wildman–Crippen MR) is 74.6 cm³/mol. The van der Waals surface area contributed by atoms with Crippen molar-refractivity contribution in [2.45, 2.75) is 33.2 Å². The highest BCUT2D eigenvalue weighted by atomic mass is 15.1. The van der Waals surface area contributed by atoms with Crippen LogP contribution in [0.1, 0.15) is 41.6 Å². The van der Waals surface area contributed by atoms with E-state index < -0.39 is 0 Å². The average molecular weight is 243 g/mol. The molecule has 0 aliphatic heterocycles. The molecule has 0 fully saturated rings. The Hall–Kier alpha value is -1.61. The fraction of sp³-hybridized carbons (Fsp3) is 0.400. The Labute approximate surface area is 109 Å². The molecule has 0 aliphatic rings. The van der Waals surface area contributed by atoms with Crippen molar-refractivity contribution in [1.29, 1.82) is 0 Å². The minimum absolute atomic E-state index is 0.226. The van der Waals surface area contributed by atoms with Gasteiger partial charge in [-0.1, -0.05) is 30.7 Å². The number of aryl methyl sites for hydroxylation is 2. The van der Waals surface area contributed by atoms with E-state index in [9.17, 15) is 0 Å². The van der Waals surface area contributed by atoms with Crippen molar-refractivity contribution in [2.24, 2.45) is 0 Å². The van der Waals surface area contributed by atoms with E-state index in [0.29, 0.717) is 0 Å². The number of nitrogens with one attached hydrogen (secondary N) is 2. The van der Waals surface area contributed by atoms with Gasteiger partial charge in [0.05, 0.1) is 12.2 Å². The molecular formula is C15H21N3. The molecule has 1 aromatic heterocycles. The number of H-pyrrole nitrogens is 1. The number of hydrogen-bond acceptors (Lipinski definition) is 2. The van der Waals surface area contributed by atoms with Gasteiger partial charge in [-0.25, -0.2) is 0 Å². The number of benzene rings is 1. The van der Waals surface area contributed by atoms with Crippen molar-refractivity contribution in [3.8, 4) is 0 Å². The second kappa shape index (κ2) is 5.83. The first kappa shape index (κ1) is 12.8. The van der Waals surface area contributed by atoms with Crippen LogP contribution in [0.4, 0.5) is 0 Å². The van der Waals surface area contributed by atoms with E-state index in [0.717, 1.165) is 13.0 Å². The van der Waals surface area contributed by atoms with Crippen LogP contribution in [0.2, 0.25) is 0 Å². The van der Waals surface area contributed by atoms with Crippen LogP contribution in [0.3, 0.4) is 0 Å². The fourth-order valence-electron chi connectivity index (χ4n) is 2.26. The van der Waals surface area contributed by atoms with Crippen LogP contribution in [-0.4, -0.2) is 16.7 Å². The largest absolute Gasteiger partial charge is 0.306 e. The molecule has 2 aromatic rings. The summed E-state index contributed by atoms with van der Waals surface area (Å²) in [4.78, 5) is 0. The molecule has 18 heavy (non-hydrogen) atoms. The van der Waals surface area contributed by atoms with Crippen LogP contribution in [0, 0.1) is 13.8 Å². The first-order chi connectivity index (χ1) is 8.72. The average Bonchev–Trinajstić information content (AvgIpc) is 2.85. The lowest BCUT2D eigenvalue weighted by molar-refractivity contribution is 0.596.